The number of halogens is 3. The lowest BCUT2D eigenvalue weighted by atomic mass is 10.1. The highest BCUT2D eigenvalue weighted by Gasteiger charge is 2.26. The van der Waals surface area contributed by atoms with Crippen LogP contribution in [0.25, 0.3) is 0 Å². The number of aromatic nitrogens is 2. The van der Waals surface area contributed by atoms with Gasteiger partial charge >= 0.3 is 5.97 Å². The van der Waals surface area contributed by atoms with E-state index in [9.17, 15) is 9.18 Å². The minimum absolute atomic E-state index is 0.270. The molecule has 0 N–H and O–H groups in total. The van der Waals surface area contributed by atoms with Crippen LogP contribution in [0.3, 0.4) is 0 Å². The van der Waals surface area contributed by atoms with Crippen LogP contribution in [0.2, 0.25) is 5.02 Å². The van der Waals surface area contributed by atoms with E-state index in [-0.39, 0.29) is 11.5 Å². The number of hydrogen-bond donors (Lipinski definition) is 0. The van der Waals surface area contributed by atoms with Crippen molar-refractivity contribution in [3.8, 4) is 23.3 Å². The predicted octanol–water partition coefficient (Wildman–Crippen LogP) is 4.82. The average molecular weight is 464 g/mol. The molecule has 32 heavy (non-hydrogen) atoms. The molecule has 0 saturated carbocycles. The minimum Gasteiger partial charge on any atom is -0.464 e. The van der Waals surface area contributed by atoms with Gasteiger partial charge in [-0.3, -0.25) is 0 Å². The Morgan fingerprint density at radius 2 is 1.62 bits per heavy atom. The van der Waals surface area contributed by atoms with Crippen LogP contribution in [0.4, 0.5) is 8.78 Å². The molecule has 11 heteroatoms. The maximum atomic E-state index is 15.0. The highest BCUT2D eigenvalue weighted by molar-refractivity contribution is 6.43. The summed E-state index contributed by atoms with van der Waals surface area (Å²) in [6.07, 6.45) is 0.997. The van der Waals surface area contributed by atoms with Crippen molar-refractivity contribution in [2.75, 3.05) is 14.2 Å². The maximum absolute atomic E-state index is 15.0. The molecule has 0 fully saturated rings. The number of benzene rings is 2. The molecule has 0 saturated heterocycles. The number of carbonyl (C=O) groups excluding carboxylic acids is 1. The molecular formula is C21H16ClF2N3O5. The first-order valence-corrected chi connectivity index (χ1v) is 9.34. The van der Waals surface area contributed by atoms with Crippen LogP contribution in [-0.2, 0) is 14.4 Å². The first-order chi connectivity index (χ1) is 15.4. The Morgan fingerprint density at radius 1 is 1.00 bits per heavy atom. The van der Waals surface area contributed by atoms with Gasteiger partial charge in [0.05, 0.1) is 12.7 Å². The number of rotatable bonds is 7. The molecule has 0 amide bonds. The van der Waals surface area contributed by atoms with Crippen LogP contribution in [0.5, 0.6) is 23.3 Å². The zero-order valence-electron chi connectivity index (χ0n) is 17.1. The Bertz CT molecular complexity index is 1190. The monoisotopic (exact) mass is 463 g/mol. The van der Waals surface area contributed by atoms with E-state index in [1.807, 2.05) is 0 Å². The van der Waals surface area contributed by atoms with Crippen LogP contribution < -0.4 is 9.47 Å². The topological polar surface area (TPSA) is 92.1 Å². The fraction of sp³-hybridized carbons (Fsp3) is 0.143. The average Bonchev–Trinajstić information content (AvgIpc) is 2.78. The summed E-state index contributed by atoms with van der Waals surface area (Å²) in [5, 5.41) is 3.92. The Labute approximate surface area is 186 Å². The van der Waals surface area contributed by atoms with Crippen LogP contribution in [0, 0.1) is 18.6 Å². The van der Waals surface area contributed by atoms with Gasteiger partial charge in [0.1, 0.15) is 30.8 Å². The number of carbonyl (C=O) groups is 1. The molecule has 0 unspecified atom stereocenters. The zero-order valence-corrected chi connectivity index (χ0v) is 17.8. The molecule has 0 aliphatic rings. The molecule has 0 aliphatic heterocycles. The third kappa shape index (κ3) is 4.75. The Morgan fingerprint density at radius 3 is 2.28 bits per heavy atom. The quantitative estimate of drug-likeness (QED) is 0.281. The highest BCUT2D eigenvalue weighted by Crippen LogP contribution is 2.34. The number of oxime groups is 1. The van der Waals surface area contributed by atoms with E-state index in [1.165, 1.54) is 12.1 Å². The van der Waals surface area contributed by atoms with E-state index in [1.54, 1.807) is 25.1 Å². The fourth-order valence-corrected chi connectivity index (χ4v) is 2.75. The van der Waals surface area contributed by atoms with Crippen molar-refractivity contribution in [3.05, 3.63) is 70.5 Å². The summed E-state index contributed by atoms with van der Waals surface area (Å²) in [6.45, 7) is 1.69. The van der Waals surface area contributed by atoms with E-state index in [0.29, 0.717) is 10.6 Å². The van der Waals surface area contributed by atoms with E-state index >= 15 is 4.39 Å². The number of esters is 1. The van der Waals surface area contributed by atoms with Gasteiger partial charge in [0, 0.05) is 10.6 Å². The summed E-state index contributed by atoms with van der Waals surface area (Å²) in [5.74, 6) is -3.97. The highest BCUT2D eigenvalue weighted by atomic mass is 35.5. The largest absolute Gasteiger partial charge is 0.464 e. The number of ether oxygens (including phenoxy) is 3. The molecule has 0 aliphatic carbocycles. The third-order valence-electron chi connectivity index (χ3n) is 4.13. The van der Waals surface area contributed by atoms with Gasteiger partial charge < -0.3 is 19.0 Å². The fourth-order valence-electron chi connectivity index (χ4n) is 2.58. The van der Waals surface area contributed by atoms with Crippen LogP contribution >= 0.6 is 11.6 Å². The summed E-state index contributed by atoms with van der Waals surface area (Å²) < 4.78 is 45.2. The maximum Gasteiger partial charge on any atom is 0.361 e. The SMILES string of the molecule is CON=C(C(=O)OC)c1c(F)cccc1Oc1ncnc(Oc2cccc(Cl)c2C)c1F. The van der Waals surface area contributed by atoms with E-state index < -0.39 is 40.6 Å². The van der Waals surface area contributed by atoms with Crippen LogP contribution in [-0.4, -0.2) is 35.9 Å². The van der Waals surface area contributed by atoms with Crippen molar-refractivity contribution < 1.29 is 32.6 Å². The molecule has 166 valence electrons. The van der Waals surface area contributed by atoms with Gasteiger partial charge in [0.2, 0.25) is 11.5 Å². The zero-order chi connectivity index (χ0) is 23.3. The Kier molecular flexibility index (Phi) is 7.16. The normalized spacial score (nSPS) is 11.1. The second-order valence-electron chi connectivity index (χ2n) is 6.09. The summed E-state index contributed by atoms with van der Waals surface area (Å²) in [4.78, 5) is 24.2. The molecule has 0 spiro atoms. The number of nitrogens with zero attached hydrogens (tertiary/aromatic N) is 3. The van der Waals surface area contributed by atoms with Crippen molar-refractivity contribution in [2.45, 2.75) is 6.92 Å². The van der Waals surface area contributed by atoms with Crippen LogP contribution in [0.15, 0.2) is 47.9 Å². The third-order valence-corrected chi connectivity index (χ3v) is 4.54. The molecule has 1 heterocycles. The van der Waals surface area contributed by atoms with Gasteiger partial charge in [-0.15, -0.1) is 0 Å². The first-order valence-electron chi connectivity index (χ1n) is 8.97. The lowest BCUT2D eigenvalue weighted by Crippen LogP contribution is -2.20. The van der Waals surface area contributed by atoms with Gasteiger partial charge in [-0.25, -0.2) is 9.18 Å². The molecular weight excluding hydrogens is 448 g/mol. The Balaban J connectivity index is 2.01. The summed E-state index contributed by atoms with van der Waals surface area (Å²) in [5.41, 5.74) is -0.364. The molecule has 8 nitrogen and oxygen atoms in total. The number of hydrogen-bond acceptors (Lipinski definition) is 8. The van der Waals surface area contributed by atoms with Crippen LogP contribution in [0.1, 0.15) is 11.1 Å². The smallest absolute Gasteiger partial charge is 0.361 e. The second kappa shape index (κ2) is 10.0. The van der Waals surface area contributed by atoms with Crippen molar-refractivity contribution >= 4 is 23.3 Å². The predicted molar refractivity (Wildman–Crippen MR) is 110 cm³/mol. The van der Waals surface area contributed by atoms with Gasteiger partial charge in [-0.2, -0.15) is 14.4 Å². The molecule has 0 atom stereocenters. The molecule has 3 rings (SSSR count). The summed E-state index contributed by atoms with van der Waals surface area (Å²) in [7, 11) is 2.25. The van der Waals surface area contributed by atoms with E-state index in [4.69, 9.17) is 21.1 Å². The van der Waals surface area contributed by atoms with E-state index in [0.717, 1.165) is 26.6 Å². The van der Waals surface area contributed by atoms with Crippen molar-refractivity contribution in [3.63, 3.8) is 0 Å². The minimum atomic E-state index is -1.06. The van der Waals surface area contributed by atoms with Crippen molar-refractivity contribution in [1.29, 1.82) is 0 Å². The first kappa shape index (κ1) is 22.9. The van der Waals surface area contributed by atoms with Gasteiger partial charge in [-0.1, -0.05) is 28.9 Å². The lowest BCUT2D eigenvalue weighted by Gasteiger charge is -2.14. The van der Waals surface area contributed by atoms with Gasteiger partial charge in [0.25, 0.3) is 11.8 Å². The second-order valence-corrected chi connectivity index (χ2v) is 6.50. The molecule has 1 aromatic heterocycles. The molecule has 3 aromatic rings. The summed E-state index contributed by atoms with van der Waals surface area (Å²) >= 11 is 6.06. The molecule has 0 radical (unpaired) electrons. The standard InChI is InChI=1S/C21H16ClF2N3O5/c1-11-12(22)6-4-8-14(11)31-19-17(24)20(26-10-25-19)32-15-9-5-7-13(23)16(15)18(27-30-3)21(28)29-2/h4-10H,1-3H3. The van der Waals surface area contributed by atoms with Gasteiger partial charge in [0.15, 0.2) is 0 Å². The van der Waals surface area contributed by atoms with Gasteiger partial charge in [-0.05, 0) is 31.2 Å². The Hall–Kier alpha value is -3.79. The van der Waals surface area contributed by atoms with Crippen molar-refractivity contribution in [1.82, 2.24) is 9.97 Å². The van der Waals surface area contributed by atoms with Crippen molar-refractivity contribution in [2.24, 2.45) is 5.16 Å². The van der Waals surface area contributed by atoms with E-state index in [2.05, 4.69) is 24.7 Å². The molecule has 0 bridgehead atoms. The number of methoxy groups -OCH3 is 1. The summed E-state index contributed by atoms with van der Waals surface area (Å²) in [6, 6.07) is 8.50. The lowest BCUT2D eigenvalue weighted by molar-refractivity contribution is -0.132. The molecule has 2 aromatic carbocycles.